The maximum atomic E-state index is 12.9. The van der Waals surface area contributed by atoms with E-state index in [9.17, 15) is 4.79 Å². The summed E-state index contributed by atoms with van der Waals surface area (Å²) in [6.07, 6.45) is 8.19. The lowest BCUT2D eigenvalue weighted by Gasteiger charge is -2.62. The molecule has 0 aliphatic heterocycles. The Labute approximate surface area is 166 Å². The van der Waals surface area contributed by atoms with Gasteiger partial charge in [-0.05, 0) is 78.9 Å². The first-order chi connectivity index (χ1) is 13.1. The fourth-order valence-electron chi connectivity index (χ4n) is 6.89. The second-order valence-corrected chi connectivity index (χ2v) is 9.72. The number of benzene rings is 2. The Morgan fingerprint density at radius 1 is 0.963 bits per heavy atom. The molecule has 1 amide bonds. The van der Waals surface area contributed by atoms with E-state index in [2.05, 4.69) is 35.6 Å². The minimum absolute atomic E-state index is 0.119. The van der Waals surface area contributed by atoms with Crippen LogP contribution in [0.2, 0.25) is 5.02 Å². The van der Waals surface area contributed by atoms with Crippen molar-refractivity contribution in [2.75, 3.05) is 5.32 Å². The third kappa shape index (κ3) is 3.08. The van der Waals surface area contributed by atoms with Crippen molar-refractivity contribution in [1.29, 1.82) is 0 Å². The standard InChI is InChI=1S/C24H26ClNO/c25-20-8-4-5-9-21(20)26-22(27)15-23-11-17-10-18(12-23)14-24(13-17,16-23)19-6-2-1-3-7-19/h1-9,17-18H,10-16H2,(H,26,27). The largest absolute Gasteiger partial charge is 0.325 e. The lowest BCUT2D eigenvalue weighted by atomic mass is 9.42. The Kier molecular flexibility index (Phi) is 4.09. The van der Waals surface area contributed by atoms with Crippen LogP contribution in [0.25, 0.3) is 0 Å². The fraction of sp³-hybridized carbons (Fsp3) is 0.458. The van der Waals surface area contributed by atoms with Gasteiger partial charge < -0.3 is 5.32 Å². The summed E-state index contributed by atoms with van der Waals surface area (Å²) in [4.78, 5) is 12.9. The first kappa shape index (κ1) is 17.3. The van der Waals surface area contributed by atoms with Gasteiger partial charge in [-0.1, -0.05) is 54.1 Å². The second-order valence-electron chi connectivity index (χ2n) is 9.31. The van der Waals surface area contributed by atoms with E-state index in [0.717, 1.165) is 23.9 Å². The van der Waals surface area contributed by atoms with Crippen LogP contribution < -0.4 is 5.32 Å². The highest BCUT2D eigenvalue weighted by molar-refractivity contribution is 6.33. The van der Waals surface area contributed by atoms with Crippen molar-refractivity contribution in [1.82, 2.24) is 0 Å². The highest BCUT2D eigenvalue weighted by atomic mass is 35.5. The molecule has 0 heterocycles. The molecule has 27 heavy (non-hydrogen) atoms. The van der Waals surface area contributed by atoms with Crippen molar-refractivity contribution in [2.24, 2.45) is 17.3 Å². The van der Waals surface area contributed by atoms with Crippen molar-refractivity contribution in [2.45, 2.75) is 50.4 Å². The number of hydrogen-bond acceptors (Lipinski definition) is 1. The zero-order valence-electron chi connectivity index (χ0n) is 15.6. The Bertz CT molecular complexity index is 848. The third-order valence-corrected chi connectivity index (χ3v) is 7.58. The maximum Gasteiger partial charge on any atom is 0.224 e. The van der Waals surface area contributed by atoms with Crippen LogP contribution in [0.3, 0.4) is 0 Å². The van der Waals surface area contributed by atoms with E-state index in [4.69, 9.17) is 11.6 Å². The quantitative estimate of drug-likeness (QED) is 0.672. The summed E-state index contributed by atoms with van der Waals surface area (Å²) in [7, 11) is 0. The van der Waals surface area contributed by atoms with Crippen LogP contribution >= 0.6 is 11.6 Å². The Balaban J connectivity index is 1.39. The van der Waals surface area contributed by atoms with Gasteiger partial charge in [0, 0.05) is 6.42 Å². The molecule has 2 nitrogen and oxygen atoms in total. The zero-order valence-corrected chi connectivity index (χ0v) is 16.3. The summed E-state index contributed by atoms with van der Waals surface area (Å²) in [5, 5.41) is 3.68. The number of hydrogen-bond donors (Lipinski definition) is 1. The van der Waals surface area contributed by atoms with E-state index in [1.54, 1.807) is 0 Å². The molecule has 4 aliphatic rings. The Morgan fingerprint density at radius 2 is 1.63 bits per heavy atom. The Morgan fingerprint density at radius 3 is 2.33 bits per heavy atom. The SMILES string of the molecule is O=C(CC12CC3CC(C1)CC(c1ccccc1)(C3)C2)Nc1ccccc1Cl. The van der Waals surface area contributed by atoms with Gasteiger partial charge in [-0.25, -0.2) is 0 Å². The predicted molar refractivity (Wildman–Crippen MR) is 110 cm³/mol. The molecule has 2 aromatic carbocycles. The van der Waals surface area contributed by atoms with Crippen LogP contribution in [0.5, 0.6) is 0 Å². The number of amides is 1. The van der Waals surface area contributed by atoms with Crippen molar-refractivity contribution >= 4 is 23.2 Å². The molecule has 3 heteroatoms. The monoisotopic (exact) mass is 379 g/mol. The normalized spacial score (nSPS) is 33.8. The van der Waals surface area contributed by atoms with E-state index in [1.165, 1.54) is 37.7 Å². The molecule has 0 spiro atoms. The van der Waals surface area contributed by atoms with Gasteiger partial charge in [-0.2, -0.15) is 0 Å². The van der Waals surface area contributed by atoms with Crippen LogP contribution in [-0.4, -0.2) is 5.91 Å². The maximum absolute atomic E-state index is 12.9. The van der Waals surface area contributed by atoms with E-state index in [1.807, 2.05) is 24.3 Å². The third-order valence-electron chi connectivity index (χ3n) is 7.25. The number of halogens is 1. The molecule has 4 bridgehead atoms. The number of para-hydroxylation sites is 1. The van der Waals surface area contributed by atoms with Crippen LogP contribution in [0.1, 0.15) is 50.5 Å². The summed E-state index contributed by atoms with van der Waals surface area (Å²) >= 11 is 6.23. The summed E-state index contributed by atoms with van der Waals surface area (Å²) < 4.78 is 0. The lowest BCUT2D eigenvalue weighted by Crippen LogP contribution is -2.54. The average Bonchev–Trinajstić information content (AvgIpc) is 2.63. The molecule has 6 rings (SSSR count). The van der Waals surface area contributed by atoms with E-state index in [0.29, 0.717) is 11.4 Å². The van der Waals surface area contributed by atoms with E-state index >= 15 is 0 Å². The topological polar surface area (TPSA) is 29.1 Å². The Hall–Kier alpha value is -1.80. The van der Waals surface area contributed by atoms with Gasteiger partial charge in [-0.15, -0.1) is 0 Å². The number of rotatable bonds is 4. The molecule has 0 saturated heterocycles. The van der Waals surface area contributed by atoms with Gasteiger partial charge in [0.05, 0.1) is 10.7 Å². The zero-order chi connectivity index (χ0) is 18.5. The summed E-state index contributed by atoms with van der Waals surface area (Å²) in [6.45, 7) is 0. The minimum atomic E-state index is 0.119. The van der Waals surface area contributed by atoms with Gasteiger partial charge in [0.15, 0.2) is 0 Å². The van der Waals surface area contributed by atoms with Crippen molar-refractivity contribution in [3.8, 4) is 0 Å². The second kappa shape index (κ2) is 6.38. The summed E-state index contributed by atoms with van der Waals surface area (Å²) in [6, 6.07) is 18.6. The van der Waals surface area contributed by atoms with Gasteiger partial charge >= 0.3 is 0 Å². The minimum Gasteiger partial charge on any atom is -0.325 e. The molecule has 0 radical (unpaired) electrons. The molecule has 0 aromatic heterocycles. The van der Waals surface area contributed by atoms with Crippen molar-refractivity contribution in [3.05, 3.63) is 65.2 Å². The highest BCUT2D eigenvalue weighted by Crippen LogP contribution is 2.66. The summed E-state index contributed by atoms with van der Waals surface area (Å²) in [5.41, 5.74) is 2.67. The van der Waals surface area contributed by atoms with Gasteiger partial charge in [0.25, 0.3) is 0 Å². The van der Waals surface area contributed by atoms with E-state index in [-0.39, 0.29) is 16.7 Å². The average molecular weight is 380 g/mol. The van der Waals surface area contributed by atoms with Gasteiger partial charge in [0.1, 0.15) is 0 Å². The number of anilines is 1. The van der Waals surface area contributed by atoms with Crippen LogP contribution in [0.15, 0.2) is 54.6 Å². The van der Waals surface area contributed by atoms with Gasteiger partial charge in [-0.3, -0.25) is 4.79 Å². The molecule has 2 unspecified atom stereocenters. The van der Waals surface area contributed by atoms with Crippen molar-refractivity contribution < 1.29 is 4.79 Å². The molecule has 4 fully saturated rings. The molecule has 2 aromatic rings. The van der Waals surface area contributed by atoms with Crippen LogP contribution in [-0.2, 0) is 10.2 Å². The number of carbonyl (C=O) groups excluding carboxylic acids is 1. The molecular weight excluding hydrogens is 354 g/mol. The number of nitrogens with one attached hydrogen (secondary N) is 1. The van der Waals surface area contributed by atoms with Crippen molar-refractivity contribution in [3.63, 3.8) is 0 Å². The van der Waals surface area contributed by atoms with Crippen LogP contribution in [0, 0.1) is 17.3 Å². The van der Waals surface area contributed by atoms with Crippen LogP contribution in [0.4, 0.5) is 5.69 Å². The predicted octanol–water partition coefficient (Wildman–Crippen LogP) is 6.21. The molecule has 2 atom stereocenters. The highest BCUT2D eigenvalue weighted by Gasteiger charge is 2.58. The summed E-state index contributed by atoms with van der Waals surface area (Å²) in [5.74, 6) is 1.67. The molecular formula is C24H26ClNO. The first-order valence-corrected chi connectivity index (χ1v) is 10.5. The molecule has 1 N–H and O–H groups in total. The molecule has 4 aliphatic carbocycles. The molecule has 140 valence electrons. The van der Waals surface area contributed by atoms with Gasteiger partial charge in [0.2, 0.25) is 5.91 Å². The van der Waals surface area contributed by atoms with E-state index < -0.39 is 0 Å². The number of carbonyl (C=O) groups is 1. The lowest BCUT2D eigenvalue weighted by molar-refractivity contribution is -0.126. The smallest absolute Gasteiger partial charge is 0.224 e. The fourth-order valence-corrected chi connectivity index (χ4v) is 7.07. The first-order valence-electron chi connectivity index (χ1n) is 10.2. The molecule has 4 saturated carbocycles.